The van der Waals surface area contributed by atoms with Gasteiger partial charge in [0.15, 0.2) is 17.3 Å². The SMILES string of the molecule is COc1cc2nccc(N3CCC(C(C)(C)CNS(=O)(=O)CC(=O)OC(C)(C)C)CC3)c2cc1OC. The number of fused-ring (bicyclic) bond motifs is 1. The molecule has 1 fully saturated rings. The second-order valence-corrected chi connectivity index (χ2v) is 12.8. The predicted octanol–water partition coefficient (Wildman–Crippen LogP) is 3.76. The number of esters is 1. The maximum absolute atomic E-state index is 12.5. The Kier molecular flexibility index (Phi) is 8.40. The molecule has 3 rings (SSSR count). The number of anilines is 1. The largest absolute Gasteiger partial charge is 0.493 e. The minimum Gasteiger partial charge on any atom is -0.493 e. The average molecular weight is 522 g/mol. The van der Waals surface area contributed by atoms with Gasteiger partial charge in [-0.05, 0) is 57.1 Å². The minimum atomic E-state index is -3.78. The van der Waals surface area contributed by atoms with Gasteiger partial charge in [0, 0.05) is 43.0 Å². The van der Waals surface area contributed by atoms with Gasteiger partial charge in [0.05, 0.1) is 19.7 Å². The minimum absolute atomic E-state index is 0.262. The molecule has 0 amide bonds. The van der Waals surface area contributed by atoms with Crippen LogP contribution in [0.15, 0.2) is 24.4 Å². The molecule has 2 heterocycles. The lowest BCUT2D eigenvalue weighted by molar-refractivity contribution is -0.151. The Hall–Kier alpha value is -2.59. The van der Waals surface area contributed by atoms with E-state index in [4.69, 9.17) is 14.2 Å². The van der Waals surface area contributed by atoms with Gasteiger partial charge < -0.3 is 19.1 Å². The van der Waals surface area contributed by atoms with E-state index in [0.717, 1.165) is 42.5 Å². The Morgan fingerprint density at radius 3 is 2.28 bits per heavy atom. The number of methoxy groups -OCH3 is 2. The molecule has 0 bridgehead atoms. The zero-order valence-electron chi connectivity index (χ0n) is 22.4. The topological polar surface area (TPSA) is 107 Å². The fourth-order valence-corrected chi connectivity index (χ4v) is 5.72. The van der Waals surface area contributed by atoms with Gasteiger partial charge in [-0.15, -0.1) is 0 Å². The Morgan fingerprint density at radius 1 is 1.08 bits per heavy atom. The van der Waals surface area contributed by atoms with Gasteiger partial charge >= 0.3 is 5.97 Å². The number of piperidine rings is 1. The smallest absolute Gasteiger partial charge is 0.323 e. The third-order valence-corrected chi connectivity index (χ3v) is 7.84. The zero-order chi connectivity index (χ0) is 26.7. The number of carbonyl (C=O) groups is 1. The molecular formula is C26H39N3O6S. The van der Waals surface area contributed by atoms with Crippen molar-refractivity contribution in [3.8, 4) is 11.5 Å². The third-order valence-electron chi connectivity index (χ3n) is 6.64. The number of carbonyl (C=O) groups excluding carboxylic acids is 1. The first-order valence-electron chi connectivity index (χ1n) is 12.2. The van der Waals surface area contributed by atoms with Crippen LogP contribution in [-0.2, 0) is 19.6 Å². The molecule has 2 aromatic rings. The Bertz CT molecular complexity index is 1180. The summed E-state index contributed by atoms with van der Waals surface area (Å²) in [7, 11) is -0.551. The molecule has 36 heavy (non-hydrogen) atoms. The van der Waals surface area contributed by atoms with Crippen molar-refractivity contribution in [2.24, 2.45) is 11.3 Å². The van der Waals surface area contributed by atoms with Gasteiger partial charge in [-0.3, -0.25) is 9.78 Å². The van der Waals surface area contributed by atoms with Crippen LogP contribution in [0.25, 0.3) is 10.9 Å². The molecule has 0 spiro atoms. The van der Waals surface area contributed by atoms with E-state index < -0.39 is 27.3 Å². The molecule has 0 saturated carbocycles. The van der Waals surface area contributed by atoms with E-state index in [1.165, 1.54) is 0 Å². The van der Waals surface area contributed by atoms with Gasteiger partial charge in [-0.25, -0.2) is 13.1 Å². The maximum atomic E-state index is 12.5. The Balaban J connectivity index is 1.64. The molecule has 1 aliphatic heterocycles. The number of hydrogen-bond acceptors (Lipinski definition) is 8. The van der Waals surface area contributed by atoms with Crippen LogP contribution in [-0.4, -0.2) is 64.6 Å². The summed E-state index contributed by atoms with van der Waals surface area (Å²) in [4.78, 5) is 18.8. The first kappa shape index (κ1) is 28.0. The van der Waals surface area contributed by atoms with Gasteiger partial charge in [0.1, 0.15) is 5.60 Å². The average Bonchev–Trinajstić information content (AvgIpc) is 2.80. The second-order valence-electron chi connectivity index (χ2n) is 11.0. The molecule has 0 unspecified atom stereocenters. The third kappa shape index (κ3) is 7.00. The molecule has 1 saturated heterocycles. The summed E-state index contributed by atoms with van der Waals surface area (Å²) < 4.78 is 43.6. The van der Waals surface area contributed by atoms with E-state index in [2.05, 4.69) is 28.5 Å². The highest BCUT2D eigenvalue weighted by molar-refractivity contribution is 7.90. The van der Waals surface area contributed by atoms with Crippen LogP contribution < -0.4 is 19.1 Å². The molecule has 1 aliphatic rings. The van der Waals surface area contributed by atoms with Crippen LogP contribution in [0.2, 0.25) is 0 Å². The highest BCUT2D eigenvalue weighted by atomic mass is 32.2. The molecule has 1 aromatic heterocycles. The molecule has 9 nitrogen and oxygen atoms in total. The van der Waals surface area contributed by atoms with E-state index in [-0.39, 0.29) is 12.0 Å². The Morgan fingerprint density at radius 2 is 1.69 bits per heavy atom. The maximum Gasteiger partial charge on any atom is 0.323 e. The van der Waals surface area contributed by atoms with Crippen molar-refractivity contribution in [1.29, 1.82) is 0 Å². The van der Waals surface area contributed by atoms with Crippen molar-refractivity contribution in [3.63, 3.8) is 0 Å². The number of rotatable bonds is 9. The lowest BCUT2D eigenvalue weighted by Gasteiger charge is -2.41. The van der Waals surface area contributed by atoms with Gasteiger partial charge in [-0.1, -0.05) is 13.8 Å². The number of pyridine rings is 1. The van der Waals surface area contributed by atoms with Gasteiger partial charge in [0.2, 0.25) is 10.0 Å². The molecule has 1 N–H and O–H groups in total. The lowest BCUT2D eigenvalue weighted by atomic mass is 9.73. The van der Waals surface area contributed by atoms with Gasteiger partial charge in [-0.2, -0.15) is 0 Å². The van der Waals surface area contributed by atoms with Crippen molar-refractivity contribution in [2.75, 3.05) is 44.5 Å². The van der Waals surface area contributed by atoms with E-state index in [1.807, 2.05) is 18.2 Å². The monoisotopic (exact) mass is 521 g/mol. The summed E-state index contributed by atoms with van der Waals surface area (Å²) >= 11 is 0. The molecule has 0 aliphatic carbocycles. The lowest BCUT2D eigenvalue weighted by Crippen LogP contribution is -2.45. The quantitative estimate of drug-likeness (QED) is 0.497. The number of nitrogens with one attached hydrogen (secondary N) is 1. The molecule has 200 valence electrons. The number of nitrogens with zero attached hydrogens (tertiary/aromatic N) is 2. The van der Waals surface area contributed by atoms with Crippen LogP contribution in [0.4, 0.5) is 5.69 Å². The fraction of sp³-hybridized carbons (Fsp3) is 0.615. The first-order chi connectivity index (χ1) is 16.7. The summed E-state index contributed by atoms with van der Waals surface area (Å²) in [5.41, 5.74) is 0.934. The van der Waals surface area contributed by atoms with E-state index in [0.29, 0.717) is 17.4 Å². The van der Waals surface area contributed by atoms with Crippen LogP contribution in [0.3, 0.4) is 0 Å². The number of benzene rings is 1. The highest BCUT2D eigenvalue weighted by Crippen LogP contribution is 2.39. The van der Waals surface area contributed by atoms with Crippen molar-refractivity contribution in [1.82, 2.24) is 9.71 Å². The molecule has 0 atom stereocenters. The summed E-state index contributed by atoms with van der Waals surface area (Å²) in [5, 5.41) is 1.00. The van der Waals surface area contributed by atoms with Gasteiger partial charge in [0.25, 0.3) is 0 Å². The number of sulfonamides is 1. The van der Waals surface area contributed by atoms with E-state index >= 15 is 0 Å². The molecule has 10 heteroatoms. The number of ether oxygens (including phenoxy) is 3. The zero-order valence-corrected chi connectivity index (χ0v) is 23.2. The van der Waals surface area contributed by atoms with Crippen LogP contribution in [0.5, 0.6) is 11.5 Å². The summed E-state index contributed by atoms with van der Waals surface area (Å²) in [6.45, 7) is 11.2. The second kappa shape index (κ2) is 10.8. The summed E-state index contributed by atoms with van der Waals surface area (Å²) in [6, 6.07) is 5.87. The molecular weight excluding hydrogens is 482 g/mol. The molecule has 1 aromatic carbocycles. The van der Waals surface area contributed by atoms with Crippen LogP contribution in [0, 0.1) is 11.3 Å². The first-order valence-corrected chi connectivity index (χ1v) is 13.8. The fourth-order valence-electron chi connectivity index (χ4n) is 4.65. The standard InChI is InChI=1S/C26H39N3O6S/c1-25(2,3)35-24(30)16-36(31,32)28-17-26(4,5)18-9-12-29(13-10-18)21-8-11-27-20-15-23(34-7)22(33-6)14-19(20)21/h8,11,14-15,18,28H,9-10,12-13,16-17H2,1-7H3. The highest BCUT2D eigenvalue weighted by Gasteiger charge is 2.34. The Labute approximate surface area is 214 Å². The van der Waals surface area contributed by atoms with Crippen molar-refractivity contribution in [2.45, 2.75) is 53.1 Å². The van der Waals surface area contributed by atoms with Crippen LogP contribution >= 0.6 is 0 Å². The summed E-state index contributed by atoms with van der Waals surface area (Å²) in [6.07, 6.45) is 3.63. The normalized spacial score (nSPS) is 15.7. The van der Waals surface area contributed by atoms with E-state index in [9.17, 15) is 13.2 Å². The van der Waals surface area contributed by atoms with Crippen molar-refractivity contribution >= 4 is 32.6 Å². The summed E-state index contributed by atoms with van der Waals surface area (Å²) in [5.74, 6) is 0.195. The van der Waals surface area contributed by atoms with Crippen LogP contribution in [0.1, 0.15) is 47.5 Å². The van der Waals surface area contributed by atoms with Crippen molar-refractivity contribution < 1.29 is 27.4 Å². The number of aromatic nitrogens is 1. The van der Waals surface area contributed by atoms with E-state index in [1.54, 1.807) is 41.2 Å². The number of hydrogen-bond donors (Lipinski definition) is 1. The predicted molar refractivity (Wildman–Crippen MR) is 141 cm³/mol. The molecule has 0 radical (unpaired) electrons. The van der Waals surface area contributed by atoms with Crippen molar-refractivity contribution in [3.05, 3.63) is 24.4 Å².